The fourth-order valence-electron chi connectivity index (χ4n) is 1.77. The lowest BCUT2D eigenvalue weighted by molar-refractivity contribution is 0.141. The Kier molecular flexibility index (Phi) is 5.83. The predicted molar refractivity (Wildman–Crippen MR) is 84.3 cm³/mol. The quantitative estimate of drug-likeness (QED) is 0.790. The van der Waals surface area contributed by atoms with Crippen molar-refractivity contribution in [1.82, 2.24) is 14.9 Å². The number of hydrogen-bond acceptors (Lipinski definition) is 6. The number of amides is 2. The highest BCUT2D eigenvalue weighted by Gasteiger charge is 2.15. The Balaban J connectivity index is 1.97. The highest BCUT2D eigenvalue weighted by molar-refractivity contribution is 7.17. The molecule has 0 fully saturated rings. The zero-order chi connectivity index (χ0) is 16.8. The van der Waals surface area contributed by atoms with Crippen molar-refractivity contribution in [2.75, 3.05) is 18.4 Å². The third-order valence-corrected chi connectivity index (χ3v) is 3.56. The fourth-order valence-corrected chi connectivity index (χ4v) is 2.45. The summed E-state index contributed by atoms with van der Waals surface area (Å²) < 4.78 is 18.4. The second-order valence-corrected chi connectivity index (χ2v) is 5.71. The summed E-state index contributed by atoms with van der Waals surface area (Å²) in [5.41, 5.74) is 0. The average molecular weight is 340 g/mol. The standard InChI is InChI=1S/C14H17FN4O3S/c1-3-19(8-9(2)20)14(21)18-13-17-7-12(23-13)22-10-4-5-16-11(15)6-10/h4-7,9,20H,3,8H2,1-2H3,(H,17,18,21)/t9-/m0/s1. The Labute approximate surface area is 136 Å². The van der Waals surface area contributed by atoms with Gasteiger partial charge in [0, 0.05) is 25.4 Å². The van der Waals surface area contributed by atoms with Gasteiger partial charge in [-0.05, 0) is 19.9 Å². The molecular weight excluding hydrogens is 323 g/mol. The van der Waals surface area contributed by atoms with E-state index in [0.29, 0.717) is 22.5 Å². The third kappa shape index (κ3) is 5.15. The Morgan fingerprint density at radius 3 is 3.00 bits per heavy atom. The largest absolute Gasteiger partial charge is 0.445 e. The number of nitrogens with zero attached hydrogens (tertiary/aromatic N) is 3. The summed E-state index contributed by atoms with van der Waals surface area (Å²) in [4.78, 5) is 21.0. The molecular formula is C14H17FN4O3S. The Morgan fingerprint density at radius 1 is 1.57 bits per heavy atom. The summed E-state index contributed by atoms with van der Waals surface area (Å²) in [6, 6.07) is 2.31. The van der Waals surface area contributed by atoms with E-state index >= 15 is 0 Å². The first-order chi connectivity index (χ1) is 11.0. The fraction of sp³-hybridized carbons (Fsp3) is 0.357. The van der Waals surface area contributed by atoms with Gasteiger partial charge in [0.1, 0.15) is 5.75 Å². The number of aliphatic hydroxyl groups is 1. The number of aliphatic hydroxyl groups excluding tert-OH is 1. The van der Waals surface area contributed by atoms with Crippen LogP contribution in [0.2, 0.25) is 0 Å². The molecule has 0 bridgehead atoms. The minimum absolute atomic E-state index is 0.230. The van der Waals surface area contributed by atoms with E-state index in [4.69, 9.17) is 4.74 Å². The van der Waals surface area contributed by atoms with Crippen LogP contribution in [-0.2, 0) is 0 Å². The topological polar surface area (TPSA) is 87.6 Å². The second kappa shape index (κ2) is 7.84. The van der Waals surface area contributed by atoms with E-state index in [1.807, 2.05) is 6.92 Å². The zero-order valence-electron chi connectivity index (χ0n) is 12.7. The van der Waals surface area contributed by atoms with Gasteiger partial charge in [0.25, 0.3) is 0 Å². The van der Waals surface area contributed by atoms with E-state index in [1.165, 1.54) is 23.4 Å². The Bertz CT molecular complexity index is 665. The summed E-state index contributed by atoms with van der Waals surface area (Å²) in [5.74, 6) is -0.347. The van der Waals surface area contributed by atoms with Crippen LogP contribution in [0.15, 0.2) is 24.5 Å². The Hall–Kier alpha value is -2.26. The maximum atomic E-state index is 13.0. The lowest BCUT2D eigenvalue weighted by Crippen LogP contribution is -2.39. The molecule has 1 atom stereocenters. The van der Waals surface area contributed by atoms with E-state index in [1.54, 1.807) is 6.92 Å². The van der Waals surface area contributed by atoms with E-state index in [9.17, 15) is 14.3 Å². The van der Waals surface area contributed by atoms with Crippen LogP contribution >= 0.6 is 11.3 Å². The highest BCUT2D eigenvalue weighted by atomic mass is 32.1. The van der Waals surface area contributed by atoms with Gasteiger partial charge in [0.15, 0.2) is 5.13 Å². The van der Waals surface area contributed by atoms with E-state index < -0.39 is 12.1 Å². The molecule has 0 aliphatic heterocycles. The van der Waals surface area contributed by atoms with Crippen LogP contribution in [0.5, 0.6) is 10.8 Å². The SMILES string of the molecule is CCN(C[C@H](C)O)C(=O)Nc1ncc(Oc2ccnc(F)c2)s1. The van der Waals surface area contributed by atoms with Crippen LogP contribution in [0.4, 0.5) is 14.3 Å². The molecule has 2 aromatic heterocycles. The summed E-state index contributed by atoms with van der Waals surface area (Å²) in [6.07, 6.45) is 2.12. The molecule has 2 heterocycles. The van der Waals surface area contributed by atoms with Gasteiger partial charge >= 0.3 is 6.03 Å². The summed E-state index contributed by atoms with van der Waals surface area (Å²) in [7, 11) is 0. The number of carbonyl (C=O) groups is 1. The van der Waals surface area contributed by atoms with Gasteiger partial charge in [-0.2, -0.15) is 4.39 Å². The molecule has 0 unspecified atom stereocenters. The molecule has 2 N–H and O–H groups in total. The molecule has 2 rings (SSSR count). The van der Waals surface area contributed by atoms with Crippen molar-refractivity contribution in [3.63, 3.8) is 0 Å². The number of carbonyl (C=O) groups excluding carboxylic acids is 1. The summed E-state index contributed by atoms with van der Waals surface area (Å²) in [5, 5.41) is 12.8. The lowest BCUT2D eigenvalue weighted by atomic mass is 10.4. The zero-order valence-corrected chi connectivity index (χ0v) is 13.5. The minimum atomic E-state index is -0.641. The molecule has 9 heteroatoms. The number of thiazole rings is 1. The van der Waals surface area contributed by atoms with Crippen molar-refractivity contribution < 1.29 is 19.0 Å². The maximum Gasteiger partial charge on any atom is 0.323 e. The number of hydrogen-bond donors (Lipinski definition) is 2. The molecule has 0 saturated carbocycles. The van der Waals surface area contributed by atoms with Crippen molar-refractivity contribution in [3.05, 3.63) is 30.5 Å². The third-order valence-electron chi connectivity index (χ3n) is 2.77. The molecule has 0 aromatic carbocycles. The van der Waals surface area contributed by atoms with Crippen molar-refractivity contribution in [2.45, 2.75) is 20.0 Å². The number of pyridine rings is 1. The first-order valence-electron chi connectivity index (χ1n) is 6.97. The van der Waals surface area contributed by atoms with Crippen LogP contribution in [0.1, 0.15) is 13.8 Å². The molecule has 0 aliphatic rings. The molecule has 124 valence electrons. The number of rotatable bonds is 6. The van der Waals surface area contributed by atoms with Crippen LogP contribution in [-0.4, -0.2) is 45.2 Å². The van der Waals surface area contributed by atoms with Gasteiger partial charge < -0.3 is 14.7 Å². The Morgan fingerprint density at radius 2 is 2.35 bits per heavy atom. The van der Waals surface area contributed by atoms with Crippen LogP contribution in [0.3, 0.4) is 0 Å². The lowest BCUT2D eigenvalue weighted by Gasteiger charge is -2.21. The molecule has 0 radical (unpaired) electrons. The summed E-state index contributed by atoms with van der Waals surface area (Å²) >= 11 is 1.11. The van der Waals surface area contributed by atoms with Crippen LogP contribution in [0, 0.1) is 5.95 Å². The normalized spacial score (nSPS) is 11.8. The average Bonchev–Trinajstić information content (AvgIpc) is 2.91. The number of ether oxygens (including phenoxy) is 1. The number of halogens is 1. The van der Waals surface area contributed by atoms with Gasteiger partial charge in [-0.1, -0.05) is 11.3 Å². The number of urea groups is 1. The molecule has 2 amide bonds. The van der Waals surface area contributed by atoms with Crippen molar-refractivity contribution in [1.29, 1.82) is 0 Å². The maximum absolute atomic E-state index is 13.0. The smallest absolute Gasteiger partial charge is 0.323 e. The van der Waals surface area contributed by atoms with E-state index in [-0.39, 0.29) is 12.6 Å². The van der Waals surface area contributed by atoms with Gasteiger partial charge in [-0.15, -0.1) is 0 Å². The summed E-state index contributed by atoms with van der Waals surface area (Å²) in [6.45, 7) is 4.12. The molecule has 2 aromatic rings. The molecule has 7 nitrogen and oxygen atoms in total. The monoisotopic (exact) mass is 340 g/mol. The van der Waals surface area contributed by atoms with Crippen molar-refractivity contribution >= 4 is 22.5 Å². The van der Waals surface area contributed by atoms with Gasteiger partial charge in [0.05, 0.1) is 12.3 Å². The van der Waals surface area contributed by atoms with Gasteiger partial charge in [-0.25, -0.2) is 14.8 Å². The molecule has 0 aliphatic carbocycles. The first-order valence-corrected chi connectivity index (χ1v) is 7.78. The number of aromatic nitrogens is 2. The van der Waals surface area contributed by atoms with E-state index in [2.05, 4.69) is 15.3 Å². The minimum Gasteiger partial charge on any atom is -0.445 e. The highest BCUT2D eigenvalue weighted by Crippen LogP contribution is 2.30. The number of anilines is 1. The first kappa shape index (κ1) is 17.1. The van der Waals surface area contributed by atoms with Gasteiger partial charge in [0.2, 0.25) is 11.0 Å². The van der Waals surface area contributed by atoms with Crippen LogP contribution in [0.25, 0.3) is 0 Å². The second-order valence-electron chi connectivity index (χ2n) is 4.72. The number of nitrogens with one attached hydrogen (secondary N) is 1. The van der Waals surface area contributed by atoms with Crippen molar-refractivity contribution in [2.24, 2.45) is 0 Å². The molecule has 23 heavy (non-hydrogen) atoms. The van der Waals surface area contributed by atoms with E-state index in [0.717, 1.165) is 17.4 Å². The van der Waals surface area contributed by atoms with Crippen LogP contribution < -0.4 is 10.1 Å². The van der Waals surface area contributed by atoms with Gasteiger partial charge in [-0.3, -0.25) is 5.32 Å². The van der Waals surface area contributed by atoms with Crippen molar-refractivity contribution in [3.8, 4) is 10.8 Å². The number of likely N-dealkylation sites (N-methyl/N-ethyl adjacent to an activating group) is 1. The molecule has 0 spiro atoms. The predicted octanol–water partition coefficient (Wildman–Crippen LogP) is 2.70. The molecule has 0 saturated heterocycles.